The van der Waals surface area contributed by atoms with Gasteiger partial charge in [0.2, 0.25) is 0 Å². The second-order valence-electron chi connectivity index (χ2n) is 4.99. The average molecular weight is 285 g/mol. The minimum atomic E-state index is -0.358. The van der Waals surface area contributed by atoms with Crippen molar-refractivity contribution in [3.05, 3.63) is 57.6 Å². The quantitative estimate of drug-likeness (QED) is 0.631. The van der Waals surface area contributed by atoms with Crippen LogP contribution in [-0.2, 0) is 0 Å². The van der Waals surface area contributed by atoms with Crippen molar-refractivity contribution in [1.82, 2.24) is 0 Å². The van der Waals surface area contributed by atoms with Gasteiger partial charge in [-0.15, -0.1) is 0 Å². The molecule has 0 radical (unpaired) electrons. The van der Waals surface area contributed by atoms with E-state index in [2.05, 4.69) is 16.7 Å². The van der Waals surface area contributed by atoms with Crippen LogP contribution in [0.2, 0.25) is 0 Å². The number of hydrogen-bond donors (Lipinski definition) is 2. The fourth-order valence-corrected chi connectivity index (χ4v) is 2.38. The predicted octanol–water partition coefficient (Wildman–Crippen LogP) is 4.39. The summed E-state index contributed by atoms with van der Waals surface area (Å²) < 4.78 is 0. The Morgan fingerprint density at radius 3 is 2.29 bits per heavy atom. The van der Waals surface area contributed by atoms with Gasteiger partial charge >= 0.3 is 5.69 Å². The molecule has 5 heteroatoms. The Labute approximate surface area is 124 Å². The molecule has 2 aromatic rings. The molecule has 0 spiro atoms. The van der Waals surface area contributed by atoms with Crippen molar-refractivity contribution >= 4 is 22.7 Å². The van der Waals surface area contributed by atoms with Crippen molar-refractivity contribution in [1.29, 1.82) is 0 Å². The molecule has 0 saturated carbocycles. The summed E-state index contributed by atoms with van der Waals surface area (Å²) in [5, 5.41) is 17.5. The van der Waals surface area contributed by atoms with Crippen molar-refractivity contribution in [3.63, 3.8) is 0 Å². The van der Waals surface area contributed by atoms with Crippen LogP contribution in [0.1, 0.15) is 18.1 Å². The summed E-state index contributed by atoms with van der Waals surface area (Å²) in [4.78, 5) is 11.0. The van der Waals surface area contributed by atoms with E-state index in [1.807, 2.05) is 32.9 Å². The zero-order valence-corrected chi connectivity index (χ0v) is 12.4. The third-order valence-electron chi connectivity index (χ3n) is 3.09. The lowest BCUT2D eigenvalue weighted by Crippen LogP contribution is -2.04. The zero-order valence-electron chi connectivity index (χ0n) is 12.4. The van der Waals surface area contributed by atoms with Gasteiger partial charge in [-0.3, -0.25) is 10.1 Å². The van der Waals surface area contributed by atoms with Gasteiger partial charge in [-0.05, 0) is 56.2 Å². The number of hydrogen-bond acceptors (Lipinski definition) is 4. The molecule has 0 unspecified atom stereocenters. The molecular formula is C16H19N3O2. The fraction of sp³-hybridized carbons (Fsp3) is 0.250. The summed E-state index contributed by atoms with van der Waals surface area (Å²) in [7, 11) is 0. The number of anilines is 3. The summed E-state index contributed by atoms with van der Waals surface area (Å²) >= 11 is 0. The van der Waals surface area contributed by atoms with Crippen molar-refractivity contribution in [3.8, 4) is 0 Å². The first-order chi connectivity index (χ1) is 10.0. The largest absolute Gasteiger partial charge is 0.380 e. The highest BCUT2D eigenvalue weighted by Crippen LogP contribution is 2.34. The van der Waals surface area contributed by atoms with Crippen molar-refractivity contribution in [2.24, 2.45) is 0 Å². The zero-order chi connectivity index (χ0) is 15.4. The Bertz CT molecular complexity index is 648. The van der Waals surface area contributed by atoms with Gasteiger partial charge in [0.1, 0.15) is 11.4 Å². The maximum Gasteiger partial charge on any atom is 0.315 e. The van der Waals surface area contributed by atoms with Gasteiger partial charge in [-0.25, -0.2) is 0 Å². The van der Waals surface area contributed by atoms with E-state index in [0.717, 1.165) is 16.8 Å². The van der Waals surface area contributed by atoms with Crippen LogP contribution < -0.4 is 10.6 Å². The number of nitrogens with zero attached hydrogens (tertiary/aromatic N) is 1. The molecule has 110 valence electrons. The first-order valence-corrected chi connectivity index (χ1v) is 6.88. The molecule has 21 heavy (non-hydrogen) atoms. The maximum atomic E-state index is 11.4. The SMILES string of the molecule is CCNc1cccc(Nc2cc(C)cc(C)c2)c1[N+](=O)[O-]. The van der Waals surface area contributed by atoms with Crippen LogP contribution in [0.25, 0.3) is 0 Å². The van der Waals surface area contributed by atoms with E-state index in [0.29, 0.717) is 17.9 Å². The molecule has 0 fully saturated rings. The normalized spacial score (nSPS) is 10.2. The van der Waals surface area contributed by atoms with Crippen LogP contribution in [0.15, 0.2) is 36.4 Å². The molecule has 2 N–H and O–H groups in total. The molecule has 0 aliphatic carbocycles. The molecule has 0 bridgehead atoms. The highest BCUT2D eigenvalue weighted by molar-refractivity contribution is 5.79. The topological polar surface area (TPSA) is 67.2 Å². The lowest BCUT2D eigenvalue weighted by Gasteiger charge is -2.12. The number of para-hydroxylation sites is 1. The van der Waals surface area contributed by atoms with Gasteiger partial charge in [-0.1, -0.05) is 12.1 Å². The number of benzene rings is 2. The standard InChI is InChI=1S/C16H19N3O2/c1-4-17-14-6-5-7-15(16(14)19(20)21)18-13-9-11(2)8-12(3)10-13/h5-10,17-18H,4H2,1-3H3. The molecular weight excluding hydrogens is 266 g/mol. The summed E-state index contributed by atoms with van der Waals surface area (Å²) in [6, 6.07) is 11.2. The number of rotatable bonds is 5. The molecule has 0 saturated heterocycles. The van der Waals surface area contributed by atoms with Crippen molar-refractivity contribution in [2.45, 2.75) is 20.8 Å². The first-order valence-electron chi connectivity index (χ1n) is 6.88. The lowest BCUT2D eigenvalue weighted by atomic mass is 10.1. The van der Waals surface area contributed by atoms with Crippen molar-refractivity contribution < 1.29 is 4.92 Å². The molecule has 0 atom stereocenters. The third-order valence-corrected chi connectivity index (χ3v) is 3.09. The highest BCUT2D eigenvalue weighted by Gasteiger charge is 2.19. The molecule has 2 rings (SSSR count). The highest BCUT2D eigenvalue weighted by atomic mass is 16.6. The van der Waals surface area contributed by atoms with E-state index in [9.17, 15) is 10.1 Å². The van der Waals surface area contributed by atoms with E-state index in [4.69, 9.17) is 0 Å². The summed E-state index contributed by atoms with van der Waals surface area (Å²) in [6.07, 6.45) is 0. The van der Waals surface area contributed by atoms with Gasteiger partial charge in [0.05, 0.1) is 4.92 Å². The lowest BCUT2D eigenvalue weighted by molar-refractivity contribution is -0.383. The summed E-state index contributed by atoms with van der Waals surface area (Å²) in [5.74, 6) is 0. The first kappa shape index (κ1) is 14.8. The smallest absolute Gasteiger partial charge is 0.315 e. The number of aryl methyl sites for hydroxylation is 2. The minimum Gasteiger partial charge on any atom is -0.380 e. The average Bonchev–Trinajstić information content (AvgIpc) is 2.37. The number of nitro groups is 1. The maximum absolute atomic E-state index is 11.4. The van der Waals surface area contributed by atoms with Gasteiger partial charge in [0, 0.05) is 12.2 Å². The second-order valence-corrected chi connectivity index (χ2v) is 4.99. The van der Waals surface area contributed by atoms with Crippen LogP contribution >= 0.6 is 0 Å². The fourth-order valence-electron chi connectivity index (χ4n) is 2.38. The van der Waals surface area contributed by atoms with E-state index >= 15 is 0 Å². The number of nitrogens with one attached hydrogen (secondary N) is 2. The van der Waals surface area contributed by atoms with Crippen molar-refractivity contribution in [2.75, 3.05) is 17.2 Å². The third kappa shape index (κ3) is 3.51. The van der Waals surface area contributed by atoms with Gasteiger partial charge in [0.15, 0.2) is 0 Å². The Morgan fingerprint density at radius 2 is 1.71 bits per heavy atom. The van der Waals surface area contributed by atoms with Gasteiger partial charge in [-0.2, -0.15) is 0 Å². The van der Waals surface area contributed by atoms with Crippen LogP contribution in [-0.4, -0.2) is 11.5 Å². The van der Waals surface area contributed by atoms with Crippen LogP contribution in [0.3, 0.4) is 0 Å². The van der Waals surface area contributed by atoms with E-state index in [1.54, 1.807) is 18.2 Å². The van der Waals surface area contributed by atoms with Crippen LogP contribution in [0, 0.1) is 24.0 Å². The molecule has 0 amide bonds. The van der Waals surface area contributed by atoms with E-state index < -0.39 is 0 Å². The summed E-state index contributed by atoms with van der Waals surface area (Å²) in [5.41, 5.74) is 4.16. The van der Waals surface area contributed by atoms with Crippen LogP contribution in [0.5, 0.6) is 0 Å². The van der Waals surface area contributed by atoms with Crippen LogP contribution in [0.4, 0.5) is 22.7 Å². The molecule has 0 aliphatic heterocycles. The number of nitro benzene ring substituents is 1. The van der Waals surface area contributed by atoms with Gasteiger partial charge in [0.25, 0.3) is 0 Å². The minimum absolute atomic E-state index is 0.0681. The van der Waals surface area contributed by atoms with E-state index in [-0.39, 0.29) is 10.6 Å². The van der Waals surface area contributed by atoms with E-state index in [1.165, 1.54) is 0 Å². The Hall–Kier alpha value is -2.56. The molecule has 0 aliphatic rings. The Morgan fingerprint density at radius 1 is 1.10 bits per heavy atom. The predicted molar refractivity (Wildman–Crippen MR) is 86.5 cm³/mol. The molecule has 5 nitrogen and oxygen atoms in total. The molecule has 0 aromatic heterocycles. The summed E-state index contributed by atoms with van der Waals surface area (Å²) in [6.45, 7) is 6.55. The Kier molecular flexibility index (Phi) is 4.42. The molecule has 2 aromatic carbocycles. The van der Waals surface area contributed by atoms with Gasteiger partial charge < -0.3 is 10.6 Å². The Balaban J connectivity index is 2.43. The second kappa shape index (κ2) is 6.26. The monoisotopic (exact) mass is 285 g/mol. The molecule has 0 heterocycles.